The highest BCUT2D eigenvalue weighted by atomic mass is 16.6. The molecule has 1 aliphatic heterocycles. The highest BCUT2D eigenvalue weighted by molar-refractivity contribution is 5.79. The molecule has 28 heavy (non-hydrogen) atoms. The van der Waals surface area contributed by atoms with E-state index in [2.05, 4.69) is 6.58 Å². The van der Waals surface area contributed by atoms with E-state index in [-0.39, 0.29) is 6.61 Å². The molecule has 1 atom stereocenters. The number of fused-ring (bicyclic) bond motifs is 1. The fourth-order valence-electron chi connectivity index (χ4n) is 3.79. The number of carbonyl (C=O) groups excluding carboxylic acids is 1. The van der Waals surface area contributed by atoms with Crippen molar-refractivity contribution in [2.75, 3.05) is 6.61 Å². The molecule has 0 unspecified atom stereocenters. The summed E-state index contributed by atoms with van der Waals surface area (Å²) in [5.41, 5.74) is 5.02. The molecule has 1 aromatic rings. The molecule has 154 valence electrons. The van der Waals surface area contributed by atoms with Crippen molar-refractivity contribution >= 4 is 12.1 Å². The summed E-state index contributed by atoms with van der Waals surface area (Å²) in [6, 6.07) is 0. The van der Waals surface area contributed by atoms with Crippen LogP contribution in [-0.2, 0) is 33.8 Å². The first-order chi connectivity index (χ1) is 13.0. The van der Waals surface area contributed by atoms with Gasteiger partial charge in [-0.1, -0.05) is 6.08 Å². The number of nitrogens with zero attached hydrogens (tertiary/aromatic N) is 1. The van der Waals surface area contributed by atoms with E-state index in [0.717, 1.165) is 33.4 Å². The quantitative estimate of drug-likeness (QED) is 0.575. The molecule has 6 heteroatoms. The van der Waals surface area contributed by atoms with Gasteiger partial charge in [0.25, 0.3) is 0 Å². The Labute approximate surface area is 167 Å². The second kappa shape index (κ2) is 8.35. The summed E-state index contributed by atoms with van der Waals surface area (Å²) < 4.78 is 11.5. The first kappa shape index (κ1) is 22.0. The van der Waals surface area contributed by atoms with Crippen LogP contribution in [0.5, 0.6) is 0 Å². The second-order valence-electron chi connectivity index (χ2n) is 8.09. The van der Waals surface area contributed by atoms with Crippen LogP contribution in [0.4, 0.5) is 4.79 Å². The number of carboxylic acid groups (broad SMARTS) is 1. The molecule has 0 saturated heterocycles. The van der Waals surface area contributed by atoms with Gasteiger partial charge in [-0.05, 0) is 81.3 Å². The van der Waals surface area contributed by atoms with E-state index in [9.17, 15) is 14.7 Å². The molecule has 2 rings (SSSR count). The number of ether oxygens (including phenoxy) is 2. The number of rotatable bonds is 6. The normalized spacial score (nSPS) is 14.6. The molecule has 0 aliphatic carbocycles. The monoisotopic (exact) mass is 389 g/mol. The third-order valence-electron chi connectivity index (χ3n) is 5.00. The lowest BCUT2D eigenvalue weighted by atomic mass is 9.85. The van der Waals surface area contributed by atoms with Gasteiger partial charge in [-0.25, -0.2) is 9.59 Å². The summed E-state index contributed by atoms with van der Waals surface area (Å²) in [4.78, 5) is 25.7. The molecule has 0 saturated carbocycles. The van der Waals surface area contributed by atoms with E-state index in [4.69, 9.17) is 9.47 Å². The minimum absolute atomic E-state index is 0.259. The van der Waals surface area contributed by atoms with Gasteiger partial charge in [0.1, 0.15) is 0 Å². The predicted octanol–water partition coefficient (Wildman–Crippen LogP) is 4.44. The van der Waals surface area contributed by atoms with Crippen molar-refractivity contribution in [1.82, 2.24) is 4.90 Å². The number of hydrogen-bond donors (Lipinski definition) is 1. The number of esters is 1. The second-order valence-corrected chi connectivity index (χ2v) is 8.09. The Morgan fingerprint density at radius 1 is 1.21 bits per heavy atom. The van der Waals surface area contributed by atoms with Crippen LogP contribution in [0.15, 0.2) is 12.7 Å². The van der Waals surface area contributed by atoms with Gasteiger partial charge in [-0.2, -0.15) is 0 Å². The molecule has 0 fully saturated rings. The summed E-state index contributed by atoms with van der Waals surface area (Å²) in [5.74, 6) is -0.432. The molecule has 0 bridgehead atoms. The minimum Gasteiger partial charge on any atom is -0.465 e. The highest BCUT2D eigenvalue weighted by Gasteiger charge is 2.36. The third-order valence-corrected chi connectivity index (χ3v) is 5.00. The van der Waals surface area contributed by atoms with E-state index in [1.165, 1.54) is 4.90 Å². The van der Waals surface area contributed by atoms with Gasteiger partial charge in [0.05, 0.1) is 12.2 Å². The van der Waals surface area contributed by atoms with Crippen LogP contribution in [0, 0.1) is 13.8 Å². The molecule has 0 radical (unpaired) electrons. The van der Waals surface area contributed by atoms with Crippen molar-refractivity contribution in [3.63, 3.8) is 0 Å². The van der Waals surface area contributed by atoms with Gasteiger partial charge < -0.3 is 14.6 Å². The summed E-state index contributed by atoms with van der Waals surface area (Å²) in [7, 11) is 0. The SMILES string of the molecule is C=CCc1c(C)c2c(c(C)c1[C@H](OC(C)(C)C)C(=O)OCC)CN(C(=O)O)C2. The van der Waals surface area contributed by atoms with Crippen molar-refractivity contribution in [3.05, 3.63) is 46.0 Å². The summed E-state index contributed by atoms with van der Waals surface area (Å²) in [6.07, 6.45) is 0.527. The van der Waals surface area contributed by atoms with Gasteiger partial charge in [0, 0.05) is 13.1 Å². The molecule has 1 aromatic carbocycles. The fraction of sp³-hybridized carbons (Fsp3) is 0.545. The molecule has 0 spiro atoms. The third kappa shape index (κ3) is 4.38. The van der Waals surface area contributed by atoms with Crippen molar-refractivity contribution in [2.24, 2.45) is 0 Å². The van der Waals surface area contributed by atoms with Gasteiger partial charge in [0.15, 0.2) is 6.10 Å². The van der Waals surface area contributed by atoms with Crippen LogP contribution in [-0.4, -0.2) is 34.3 Å². The zero-order valence-electron chi connectivity index (χ0n) is 17.7. The van der Waals surface area contributed by atoms with E-state index in [0.29, 0.717) is 19.5 Å². The average molecular weight is 389 g/mol. The summed E-state index contributed by atoms with van der Waals surface area (Å²) in [5, 5.41) is 9.44. The van der Waals surface area contributed by atoms with Crippen molar-refractivity contribution in [2.45, 2.75) is 72.8 Å². The fourth-order valence-corrected chi connectivity index (χ4v) is 3.79. The van der Waals surface area contributed by atoms with Gasteiger partial charge in [0.2, 0.25) is 0 Å². The van der Waals surface area contributed by atoms with Crippen molar-refractivity contribution in [1.29, 1.82) is 0 Å². The van der Waals surface area contributed by atoms with Crippen LogP contribution < -0.4 is 0 Å². The standard InChI is InChI=1S/C22H31NO5/c1-8-10-15-13(3)16-11-23(21(25)26)12-17(16)14(4)18(15)19(20(24)27-9-2)28-22(5,6)7/h8,19H,1,9-12H2,2-7H3,(H,25,26)/t19-/m0/s1. The maximum Gasteiger partial charge on any atom is 0.407 e. The van der Waals surface area contributed by atoms with Crippen LogP contribution in [0.25, 0.3) is 0 Å². The van der Waals surface area contributed by atoms with Crippen molar-refractivity contribution in [3.8, 4) is 0 Å². The molecule has 0 aromatic heterocycles. The molecule has 1 N–H and O–H groups in total. The van der Waals surface area contributed by atoms with E-state index < -0.39 is 23.8 Å². The Bertz CT molecular complexity index is 791. The average Bonchev–Trinajstić information content (AvgIpc) is 3.04. The molecular formula is C22H31NO5. The lowest BCUT2D eigenvalue weighted by Gasteiger charge is -2.30. The largest absolute Gasteiger partial charge is 0.465 e. The van der Waals surface area contributed by atoms with Gasteiger partial charge in [-0.3, -0.25) is 4.90 Å². The molecule has 1 heterocycles. The van der Waals surface area contributed by atoms with E-state index >= 15 is 0 Å². The Hall–Kier alpha value is -2.34. The zero-order chi connectivity index (χ0) is 21.2. The summed E-state index contributed by atoms with van der Waals surface area (Å²) in [6.45, 7) is 16.1. The number of amides is 1. The Morgan fingerprint density at radius 2 is 1.79 bits per heavy atom. The Balaban J connectivity index is 2.71. The molecular weight excluding hydrogens is 358 g/mol. The molecule has 6 nitrogen and oxygen atoms in total. The maximum atomic E-state index is 12.8. The van der Waals surface area contributed by atoms with E-state index in [1.807, 2.05) is 34.6 Å². The number of benzene rings is 1. The van der Waals surface area contributed by atoms with Crippen LogP contribution in [0.3, 0.4) is 0 Å². The molecule has 1 aliphatic rings. The lowest BCUT2D eigenvalue weighted by molar-refractivity contribution is -0.167. The van der Waals surface area contributed by atoms with E-state index in [1.54, 1.807) is 13.0 Å². The number of hydrogen-bond acceptors (Lipinski definition) is 4. The first-order valence-electron chi connectivity index (χ1n) is 9.58. The predicted molar refractivity (Wildman–Crippen MR) is 107 cm³/mol. The summed E-state index contributed by atoms with van der Waals surface area (Å²) >= 11 is 0. The van der Waals surface area contributed by atoms with Gasteiger partial charge in [-0.15, -0.1) is 6.58 Å². The molecule has 1 amide bonds. The maximum absolute atomic E-state index is 12.8. The van der Waals surface area contributed by atoms with Crippen molar-refractivity contribution < 1.29 is 24.2 Å². The van der Waals surface area contributed by atoms with Crippen LogP contribution in [0.2, 0.25) is 0 Å². The lowest BCUT2D eigenvalue weighted by Crippen LogP contribution is -2.30. The number of carbonyl (C=O) groups is 2. The number of allylic oxidation sites excluding steroid dienone is 1. The van der Waals surface area contributed by atoms with Gasteiger partial charge >= 0.3 is 12.1 Å². The topological polar surface area (TPSA) is 76.1 Å². The zero-order valence-corrected chi connectivity index (χ0v) is 17.7. The Morgan fingerprint density at radius 3 is 2.25 bits per heavy atom. The minimum atomic E-state index is -0.949. The smallest absolute Gasteiger partial charge is 0.407 e. The Kier molecular flexibility index (Phi) is 6.55. The van der Waals surface area contributed by atoms with Crippen LogP contribution in [0.1, 0.15) is 67.2 Å². The first-order valence-corrected chi connectivity index (χ1v) is 9.58. The highest BCUT2D eigenvalue weighted by Crippen LogP contribution is 2.39. The van der Waals surface area contributed by atoms with Crippen LogP contribution >= 0.6 is 0 Å².